The Kier molecular flexibility index (Phi) is 3.94. The zero-order valence-electron chi connectivity index (χ0n) is 10.8. The van der Waals surface area contributed by atoms with Gasteiger partial charge < -0.3 is 4.90 Å². The largest absolute Gasteiger partial charge is 0.370 e. The van der Waals surface area contributed by atoms with Gasteiger partial charge in [0.05, 0.1) is 0 Å². The fourth-order valence-corrected chi connectivity index (χ4v) is 4.21. The summed E-state index contributed by atoms with van der Waals surface area (Å²) in [7, 11) is 0. The molecule has 1 atom stereocenters. The number of allylic oxidation sites excluding steroid dienone is 2. The van der Waals surface area contributed by atoms with Crippen molar-refractivity contribution in [2.45, 2.75) is 37.4 Å². The molecule has 1 saturated heterocycles. The highest BCUT2D eigenvalue weighted by Crippen LogP contribution is 2.35. The summed E-state index contributed by atoms with van der Waals surface area (Å²) in [5.41, 5.74) is 1.39. The first-order chi connectivity index (χ1) is 8.92. The van der Waals surface area contributed by atoms with E-state index in [0.717, 1.165) is 5.25 Å². The summed E-state index contributed by atoms with van der Waals surface area (Å²) in [6.07, 6.45) is 9.22. The van der Waals surface area contributed by atoms with E-state index < -0.39 is 0 Å². The van der Waals surface area contributed by atoms with Crippen LogP contribution in [-0.2, 0) is 0 Å². The molecule has 0 amide bonds. The molecule has 0 radical (unpaired) electrons. The van der Waals surface area contributed by atoms with Crippen molar-refractivity contribution in [2.75, 3.05) is 18.0 Å². The molecule has 1 aromatic carbocycles. The van der Waals surface area contributed by atoms with Crippen molar-refractivity contribution in [2.24, 2.45) is 0 Å². The Hall–Kier alpha value is -0.890. The van der Waals surface area contributed by atoms with E-state index in [2.05, 4.69) is 53.1 Å². The first kappa shape index (κ1) is 12.2. The average molecular weight is 259 g/mol. The third-order valence-electron chi connectivity index (χ3n) is 3.83. The molecule has 18 heavy (non-hydrogen) atoms. The van der Waals surface area contributed by atoms with Gasteiger partial charge in [-0.3, -0.25) is 0 Å². The molecule has 1 aliphatic carbocycles. The van der Waals surface area contributed by atoms with Crippen LogP contribution in [-0.4, -0.2) is 18.3 Å². The lowest BCUT2D eigenvalue weighted by atomic mass is 10.1. The predicted molar refractivity (Wildman–Crippen MR) is 81.2 cm³/mol. The fourth-order valence-electron chi connectivity index (χ4n) is 2.83. The van der Waals surface area contributed by atoms with Crippen LogP contribution >= 0.6 is 11.8 Å². The van der Waals surface area contributed by atoms with Gasteiger partial charge in [0, 0.05) is 24.0 Å². The maximum atomic E-state index is 2.53. The second kappa shape index (κ2) is 5.83. The summed E-state index contributed by atoms with van der Waals surface area (Å²) in [5.74, 6) is 0. The maximum absolute atomic E-state index is 2.53. The summed E-state index contributed by atoms with van der Waals surface area (Å²) >= 11 is 2.15. The van der Waals surface area contributed by atoms with E-state index in [9.17, 15) is 0 Å². The van der Waals surface area contributed by atoms with Gasteiger partial charge in [0.15, 0.2) is 0 Å². The smallest absolute Gasteiger partial charge is 0.0366 e. The molecule has 0 N–H and O–H groups in total. The lowest BCUT2D eigenvalue weighted by molar-refractivity contribution is 0.722. The molecule has 96 valence electrons. The van der Waals surface area contributed by atoms with E-state index >= 15 is 0 Å². The van der Waals surface area contributed by atoms with Crippen molar-refractivity contribution < 1.29 is 0 Å². The minimum atomic E-state index is 0.801. The Labute approximate surface area is 114 Å². The highest BCUT2D eigenvalue weighted by atomic mass is 32.2. The number of para-hydroxylation sites is 1. The number of hydrogen-bond donors (Lipinski definition) is 0. The first-order valence-electron chi connectivity index (χ1n) is 7.07. The Morgan fingerprint density at radius 1 is 1.11 bits per heavy atom. The molecule has 3 rings (SSSR count). The monoisotopic (exact) mass is 259 g/mol. The van der Waals surface area contributed by atoms with Gasteiger partial charge in [0.2, 0.25) is 0 Å². The van der Waals surface area contributed by atoms with Crippen LogP contribution in [0.1, 0.15) is 32.1 Å². The van der Waals surface area contributed by atoms with Crippen LogP contribution in [0.25, 0.3) is 0 Å². The summed E-state index contributed by atoms with van der Waals surface area (Å²) in [6.45, 7) is 2.43. The van der Waals surface area contributed by atoms with Gasteiger partial charge in [0.1, 0.15) is 0 Å². The number of rotatable bonds is 3. The average Bonchev–Trinajstić information content (AvgIpc) is 2.89. The van der Waals surface area contributed by atoms with Crippen LogP contribution in [0.4, 0.5) is 5.69 Å². The topological polar surface area (TPSA) is 3.24 Å². The summed E-state index contributed by atoms with van der Waals surface area (Å²) in [6, 6.07) is 10.8. The lowest BCUT2D eigenvalue weighted by Gasteiger charge is -2.19. The van der Waals surface area contributed by atoms with E-state index in [1.54, 1.807) is 4.91 Å². The van der Waals surface area contributed by atoms with Gasteiger partial charge in [-0.2, -0.15) is 0 Å². The molecule has 1 unspecified atom stereocenters. The van der Waals surface area contributed by atoms with Crippen molar-refractivity contribution in [3.05, 3.63) is 41.3 Å². The molecule has 1 aliphatic heterocycles. The van der Waals surface area contributed by atoms with Gasteiger partial charge >= 0.3 is 0 Å². The normalized spacial score (nSPS) is 24.1. The van der Waals surface area contributed by atoms with E-state index in [-0.39, 0.29) is 0 Å². The number of benzene rings is 1. The number of thioether (sulfide) groups is 1. The standard InChI is InChI=1S/C16H21NS/c1-3-7-14(8-4-1)17-12-11-16(13-17)18-15-9-5-2-6-10-15/h1,3-4,7-9,16H,2,5-6,10-13H2. The number of anilines is 1. The van der Waals surface area contributed by atoms with Crippen LogP contribution in [0.5, 0.6) is 0 Å². The van der Waals surface area contributed by atoms with Crippen molar-refractivity contribution in [3.63, 3.8) is 0 Å². The highest BCUT2D eigenvalue weighted by Gasteiger charge is 2.24. The van der Waals surface area contributed by atoms with Gasteiger partial charge in [-0.25, -0.2) is 0 Å². The Bertz CT molecular complexity index is 412. The summed E-state index contributed by atoms with van der Waals surface area (Å²) in [4.78, 5) is 4.18. The molecule has 0 spiro atoms. The highest BCUT2D eigenvalue weighted by molar-refractivity contribution is 8.03. The Balaban J connectivity index is 1.57. The molecule has 0 aromatic heterocycles. The van der Waals surface area contributed by atoms with Gasteiger partial charge in [0.25, 0.3) is 0 Å². The molecule has 1 fully saturated rings. The van der Waals surface area contributed by atoms with Gasteiger partial charge in [-0.05, 0) is 49.1 Å². The van der Waals surface area contributed by atoms with Crippen molar-refractivity contribution in [1.29, 1.82) is 0 Å². The molecule has 0 saturated carbocycles. The van der Waals surface area contributed by atoms with Crippen LogP contribution in [0.15, 0.2) is 41.3 Å². The third kappa shape index (κ3) is 2.92. The quantitative estimate of drug-likeness (QED) is 0.788. The predicted octanol–water partition coefficient (Wildman–Crippen LogP) is 4.46. The second-order valence-electron chi connectivity index (χ2n) is 5.23. The number of hydrogen-bond acceptors (Lipinski definition) is 2. The van der Waals surface area contributed by atoms with E-state index in [1.165, 1.54) is 50.9 Å². The van der Waals surface area contributed by atoms with Crippen molar-refractivity contribution >= 4 is 17.4 Å². The Morgan fingerprint density at radius 2 is 2.00 bits per heavy atom. The molecular weight excluding hydrogens is 238 g/mol. The van der Waals surface area contributed by atoms with Gasteiger partial charge in [-0.1, -0.05) is 24.3 Å². The number of nitrogens with zero attached hydrogens (tertiary/aromatic N) is 1. The van der Waals surface area contributed by atoms with E-state index in [1.807, 2.05) is 0 Å². The molecular formula is C16H21NS. The second-order valence-corrected chi connectivity index (χ2v) is 6.65. The molecule has 1 aromatic rings. The summed E-state index contributed by atoms with van der Waals surface area (Å²) < 4.78 is 0. The SMILES string of the molecule is C1=C(SC2CCN(c3ccccc3)C2)CCCC1. The van der Waals surface area contributed by atoms with Crippen LogP contribution in [0.2, 0.25) is 0 Å². The zero-order chi connectivity index (χ0) is 12.2. The fraction of sp³-hybridized carbons (Fsp3) is 0.500. The zero-order valence-corrected chi connectivity index (χ0v) is 11.7. The van der Waals surface area contributed by atoms with Gasteiger partial charge in [-0.15, -0.1) is 11.8 Å². The maximum Gasteiger partial charge on any atom is 0.0366 e. The summed E-state index contributed by atoms with van der Waals surface area (Å²) in [5, 5.41) is 0.801. The van der Waals surface area contributed by atoms with Crippen LogP contribution in [0, 0.1) is 0 Å². The Morgan fingerprint density at radius 3 is 2.78 bits per heavy atom. The minimum Gasteiger partial charge on any atom is -0.370 e. The molecule has 2 aliphatic rings. The van der Waals surface area contributed by atoms with Crippen molar-refractivity contribution in [1.82, 2.24) is 0 Å². The van der Waals surface area contributed by atoms with E-state index in [4.69, 9.17) is 0 Å². The molecule has 0 bridgehead atoms. The van der Waals surface area contributed by atoms with Crippen LogP contribution in [0.3, 0.4) is 0 Å². The molecule has 2 heteroatoms. The third-order valence-corrected chi connectivity index (χ3v) is 5.23. The lowest BCUT2D eigenvalue weighted by Crippen LogP contribution is -2.20. The minimum absolute atomic E-state index is 0.801. The molecule has 1 heterocycles. The first-order valence-corrected chi connectivity index (χ1v) is 7.95. The van der Waals surface area contributed by atoms with E-state index in [0.29, 0.717) is 0 Å². The molecule has 1 nitrogen and oxygen atoms in total. The van der Waals surface area contributed by atoms with Crippen LogP contribution < -0.4 is 4.90 Å². The van der Waals surface area contributed by atoms with Crippen molar-refractivity contribution in [3.8, 4) is 0 Å².